The zero-order valence-corrected chi connectivity index (χ0v) is 12.2. The van der Waals surface area contributed by atoms with Gasteiger partial charge in [0.05, 0.1) is 22.2 Å². The van der Waals surface area contributed by atoms with E-state index in [1.807, 2.05) is 18.3 Å². The summed E-state index contributed by atoms with van der Waals surface area (Å²) >= 11 is 3.65. The molecule has 0 fully saturated rings. The molecule has 3 heteroatoms. The Labute approximate surface area is 124 Å². The molecule has 0 bridgehead atoms. The second-order valence-electron chi connectivity index (χ2n) is 4.68. The standard InChI is InChI=1S/C17H11BrN2/c18-13-7-2-4-9-15(13)20-14-8-3-1-6-12(14)17-16(20)10-5-11-19-17/h1-11H. The van der Waals surface area contributed by atoms with Gasteiger partial charge in [0.15, 0.2) is 0 Å². The highest BCUT2D eigenvalue weighted by atomic mass is 79.9. The summed E-state index contributed by atoms with van der Waals surface area (Å²) < 4.78 is 3.33. The van der Waals surface area contributed by atoms with Gasteiger partial charge in [0.1, 0.15) is 0 Å². The summed E-state index contributed by atoms with van der Waals surface area (Å²) in [5.74, 6) is 0. The van der Waals surface area contributed by atoms with E-state index in [2.05, 4.69) is 74.0 Å². The van der Waals surface area contributed by atoms with Crippen LogP contribution in [0.1, 0.15) is 0 Å². The zero-order valence-electron chi connectivity index (χ0n) is 10.6. The number of hydrogen-bond donors (Lipinski definition) is 0. The van der Waals surface area contributed by atoms with E-state index in [0.29, 0.717) is 0 Å². The summed E-state index contributed by atoms with van der Waals surface area (Å²) in [4.78, 5) is 4.55. The van der Waals surface area contributed by atoms with Crippen LogP contribution in [0, 0.1) is 0 Å². The van der Waals surface area contributed by atoms with Gasteiger partial charge in [0, 0.05) is 16.1 Å². The van der Waals surface area contributed by atoms with Crippen LogP contribution < -0.4 is 0 Å². The Balaban J connectivity index is 2.24. The summed E-state index contributed by atoms with van der Waals surface area (Å²) in [6.07, 6.45) is 1.85. The first-order chi connectivity index (χ1) is 9.86. The summed E-state index contributed by atoms with van der Waals surface area (Å²) in [6.45, 7) is 0. The van der Waals surface area contributed by atoms with Crippen LogP contribution in [-0.2, 0) is 0 Å². The number of halogens is 1. The zero-order chi connectivity index (χ0) is 13.5. The Morgan fingerprint density at radius 1 is 0.800 bits per heavy atom. The number of fused-ring (bicyclic) bond motifs is 3. The van der Waals surface area contributed by atoms with Gasteiger partial charge >= 0.3 is 0 Å². The van der Waals surface area contributed by atoms with Crippen molar-refractivity contribution in [2.45, 2.75) is 0 Å². The first-order valence-corrected chi connectivity index (χ1v) is 7.24. The van der Waals surface area contributed by atoms with Crippen molar-refractivity contribution in [3.63, 3.8) is 0 Å². The van der Waals surface area contributed by atoms with E-state index in [1.165, 1.54) is 10.9 Å². The van der Waals surface area contributed by atoms with Crippen LogP contribution in [0.15, 0.2) is 71.3 Å². The van der Waals surface area contributed by atoms with Gasteiger partial charge in [0.25, 0.3) is 0 Å². The normalized spacial score (nSPS) is 11.2. The predicted molar refractivity (Wildman–Crippen MR) is 86.3 cm³/mol. The number of benzene rings is 2. The van der Waals surface area contributed by atoms with E-state index >= 15 is 0 Å². The molecule has 0 amide bonds. The van der Waals surface area contributed by atoms with Gasteiger partial charge in [-0.3, -0.25) is 4.98 Å². The molecule has 4 rings (SSSR count). The minimum atomic E-state index is 1.04. The van der Waals surface area contributed by atoms with E-state index in [0.717, 1.165) is 21.2 Å². The largest absolute Gasteiger partial charge is 0.306 e. The molecule has 0 aliphatic heterocycles. The van der Waals surface area contributed by atoms with Crippen molar-refractivity contribution in [2.75, 3.05) is 0 Å². The molecule has 0 aliphatic carbocycles. The molecule has 20 heavy (non-hydrogen) atoms. The Hall–Kier alpha value is -2.13. The minimum absolute atomic E-state index is 1.04. The van der Waals surface area contributed by atoms with Gasteiger partial charge < -0.3 is 4.57 Å². The van der Waals surface area contributed by atoms with Gasteiger partial charge in [0.2, 0.25) is 0 Å². The van der Waals surface area contributed by atoms with Crippen molar-refractivity contribution in [1.29, 1.82) is 0 Å². The average molecular weight is 323 g/mol. The molecule has 0 unspecified atom stereocenters. The quantitative estimate of drug-likeness (QED) is 0.485. The van der Waals surface area contributed by atoms with Crippen LogP contribution in [0.2, 0.25) is 0 Å². The molecule has 2 aromatic carbocycles. The smallest absolute Gasteiger partial charge is 0.0963 e. The third-order valence-electron chi connectivity index (χ3n) is 3.52. The maximum absolute atomic E-state index is 4.55. The Bertz CT molecular complexity index is 871. The van der Waals surface area contributed by atoms with E-state index in [9.17, 15) is 0 Å². The van der Waals surface area contributed by atoms with Gasteiger partial charge in [-0.1, -0.05) is 30.3 Å². The molecule has 2 nitrogen and oxygen atoms in total. The molecule has 2 heterocycles. The van der Waals surface area contributed by atoms with Crippen LogP contribution in [0.4, 0.5) is 0 Å². The highest BCUT2D eigenvalue weighted by Gasteiger charge is 2.13. The number of hydrogen-bond acceptors (Lipinski definition) is 1. The number of aromatic nitrogens is 2. The molecule has 0 atom stereocenters. The van der Waals surface area contributed by atoms with E-state index in [1.54, 1.807) is 0 Å². The highest BCUT2D eigenvalue weighted by Crippen LogP contribution is 2.32. The fourth-order valence-corrected chi connectivity index (χ4v) is 3.14. The molecule has 96 valence electrons. The highest BCUT2D eigenvalue weighted by molar-refractivity contribution is 9.10. The van der Waals surface area contributed by atoms with Crippen molar-refractivity contribution < 1.29 is 0 Å². The number of para-hydroxylation sites is 2. The van der Waals surface area contributed by atoms with Crippen molar-refractivity contribution in [3.05, 3.63) is 71.3 Å². The van der Waals surface area contributed by atoms with Crippen LogP contribution in [-0.4, -0.2) is 9.55 Å². The summed E-state index contributed by atoms with van der Waals surface area (Å²) in [7, 11) is 0. The van der Waals surface area contributed by atoms with Crippen LogP contribution >= 0.6 is 15.9 Å². The molecule has 2 aromatic heterocycles. The van der Waals surface area contributed by atoms with E-state index in [-0.39, 0.29) is 0 Å². The van der Waals surface area contributed by atoms with Crippen LogP contribution in [0.25, 0.3) is 27.6 Å². The average Bonchev–Trinajstić information content (AvgIpc) is 2.83. The molecule has 0 spiro atoms. The molecular weight excluding hydrogens is 312 g/mol. The second-order valence-corrected chi connectivity index (χ2v) is 5.53. The van der Waals surface area contributed by atoms with Crippen molar-refractivity contribution in [2.24, 2.45) is 0 Å². The lowest BCUT2D eigenvalue weighted by molar-refractivity contribution is 1.16. The van der Waals surface area contributed by atoms with Crippen molar-refractivity contribution in [3.8, 4) is 5.69 Å². The van der Waals surface area contributed by atoms with Crippen molar-refractivity contribution >= 4 is 37.9 Å². The fourth-order valence-electron chi connectivity index (χ4n) is 2.68. The number of rotatable bonds is 1. The molecule has 0 radical (unpaired) electrons. The topological polar surface area (TPSA) is 17.8 Å². The van der Waals surface area contributed by atoms with Gasteiger partial charge in [-0.25, -0.2) is 0 Å². The molecule has 0 saturated heterocycles. The van der Waals surface area contributed by atoms with Crippen LogP contribution in [0.3, 0.4) is 0 Å². The number of pyridine rings is 1. The predicted octanol–water partition coefficient (Wildman–Crippen LogP) is 4.94. The van der Waals surface area contributed by atoms with E-state index in [4.69, 9.17) is 0 Å². The van der Waals surface area contributed by atoms with Gasteiger partial charge in [-0.05, 0) is 46.3 Å². The molecule has 0 saturated carbocycles. The lowest BCUT2D eigenvalue weighted by Crippen LogP contribution is -1.94. The third-order valence-corrected chi connectivity index (χ3v) is 4.19. The molecule has 0 N–H and O–H groups in total. The first-order valence-electron chi connectivity index (χ1n) is 6.45. The van der Waals surface area contributed by atoms with Crippen molar-refractivity contribution in [1.82, 2.24) is 9.55 Å². The summed E-state index contributed by atoms with van der Waals surface area (Å²) in [6, 6.07) is 20.7. The first kappa shape index (κ1) is 11.7. The Morgan fingerprint density at radius 3 is 2.45 bits per heavy atom. The van der Waals surface area contributed by atoms with E-state index < -0.39 is 0 Å². The third kappa shape index (κ3) is 1.60. The Morgan fingerprint density at radius 2 is 1.55 bits per heavy atom. The summed E-state index contributed by atoms with van der Waals surface area (Å²) in [5, 5.41) is 1.18. The summed E-state index contributed by atoms with van der Waals surface area (Å²) in [5.41, 5.74) is 4.47. The maximum atomic E-state index is 4.55. The lowest BCUT2D eigenvalue weighted by atomic mass is 10.2. The maximum Gasteiger partial charge on any atom is 0.0963 e. The molecule has 4 aromatic rings. The monoisotopic (exact) mass is 322 g/mol. The van der Waals surface area contributed by atoms with Gasteiger partial charge in [-0.15, -0.1) is 0 Å². The second kappa shape index (κ2) is 4.46. The lowest BCUT2D eigenvalue weighted by Gasteiger charge is -2.09. The van der Waals surface area contributed by atoms with Gasteiger partial charge in [-0.2, -0.15) is 0 Å². The SMILES string of the molecule is Brc1ccccc1-n1c2ccccc2c2ncccc21. The minimum Gasteiger partial charge on any atom is -0.306 e. The molecular formula is C17H11BrN2. The Kier molecular flexibility index (Phi) is 2.60. The van der Waals surface area contributed by atoms with Crippen LogP contribution in [0.5, 0.6) is 0 Å². The fraction of sp³-hybridized carbons (Fsp3) is 0. The molecule has 0 aliphatic rings. The number of nitrogens with zero attached hydrogens (tertiary/aromatic N) is 2.